The topological polar surface area (TPSA) is 58.6 Å². The molecule has 0 saturated heterocycles. The molecular formula is C24H31FN2O3. The Kier molecular flexibility index (Phi) is 8.84. The van der Waals surface area contributed by atoms with E-state index in [4.69, 9.17) is 4.74 Å². The van der Waals surface area contributed by atoms with Crippen LogP contribution in [0, 0.1) is 19.7 Å². The second-order valence-corrected chi connectivity index (χ2v) is 7.55. The number of unbranched alkanes of at least 4 members (excludes halogenated alkanes) is 1. The third-order valence-electron chi connectivity index (χ3n) is 4.85. The van der Waals surface area contributed by atoms with E-state index in [1.54, 1.807) is 25.1 Å². The molecule has 1 atom stereocenters. The molecule has 162 valence electrons. The molecule has 0 saturated carbocycles. The van der Waals surface area contributed by atoms with Crippen LogP contribution in [0.1, 0.15) is 43.4 Å². The predicted molar refractivity (Wildman–Crippen MR) is 116 cm³/mol. The van der Waals surface area contributed by atoms with E-state index in [1.165, 1.54) is 11.0 Å². The molecule has 0 fully saturated rings. The van der Waals surface area contributed by atoms with E-state index in [9.17, 15) is 14.0 Å². The number of carbonyl (C=O) groups is 2. The van der Waals surface area contributed by atoms with Crippen molar-refractivity contribution in [2.75, 3.05) is 13.2 Å². The number of benzene rings is 2. The first kappa shape index (κ1) is 23.4. The van der Waals surface area contributed by atoms with Gasteiger partial charge in [-0.2, -0.15) is 0 Å². The maximum atomic E-state index is 14.2. The smallest absolute Gasteiger partial charge is 0.261 e. The average Bonchev–Trinajstić information content (AvgIpc) is 2.70. The van der Waals surface area contributed by atoms with Crippen LogP contribution in [0.2, 0.25) is 0 Å². The van der Waals surface area contributed by atoms with E-state index in [-0.39, 0.29) is 25.0 Å². The summed E-state index contributed by atoms with van der Waals surface area (Å²) in [4.78, 5) is 26.9. The van der Waals surface area contributed by atoms with Crippen LogP contribution in [0.25, 0.3) is 0 Å². The molecular weight excluding hydrogens is 383 g/mol. The molecule has 0 bridgehead atoms. The number of aryl methyl sites for hydroxylation is 2. The van der Waals surface area contributed by atoms with Crippen LogP contribution >= 0.6 is 0 Å². The Morgan fingerprint density at radius 3 is 2.43 bits per heavy atom. The Balaban J connectivity index is 2.15. The minimum Gasteiger partial charge on any atom is -0.484 e. The lowest BCUT2D eigenvalue weighted by Crippen LogP contribution is -2.49. The monoisotopic (exact) mass is 414 g/mol. The molecule has 0 spiro atoms. The average molecular weight is 415 g/mol. The largest absolute Gasteiger partial charge is 0.484 e. The summed E-state index contributed by atoms with van der Waals surface area (Å²) in [6.45, 7) is 7.89. The van der Waals surface area contributed by atoms with Crippen molar-refractivity contribution in [3.8, 4) is 5.75 Å². The molecule has 0 aliphatic carbocycles. The maximum Gasteiger partial charge on any atom is 0.261 e. The lowest BCUT2D eigenvalue weighted by Gasteiger charge is -2.29. The van der Waals surface area contributed by atoms with Gasteiger partial charge in [-0.1, -0.05) is 37.6 Å². The molecule has 0 radical (unpaired) electrons. The third kappa shape index (κ3) is 6.87. The van der Waals surface area contributed by atoms with Gasteiger partial charge >= 0.3 is 0 Å². The SMILES string of the molecule is CCCCNC(=O)[C@@H](C)N(Cc1ccccc1F)C(=O)COc1cc(C)cc(C)c1. The number of carbonyl (C=O) groups excluding carboxylic acids is 2. The second kappa shape index (κ2) is 11.3. The highest BCUT2D eigenvalue weighted by molar-refractivity contribution is 5.87. The normalized spacial score (nSPS) is 11.6. The summed E-state index contributed by atoms with van der Waals surface area (Å²) in [6, 6.07) is 11.2. The van der Waals surface area contributed by atoms with E-state index >= 15 is 0 Å². The Morgan fingerprint density at radius 2 is 1.80 bits per heavy atom. The number of ether oxygens (including phenoxy) is 1. The molecule has 6 heteroatoms. The summed E-state index contributed by atoms with van der Waals surface area (Å²) in [5.41, 5.74) is 2.42. The van der Waals surface area contributed by atoms with Crippen molar-refractivity contribution < 1.29 is 18.7 Å². The van der Waals surface area contributed by atoms with Crippen LogP contribution in [0.5, 0.6) is 5.75 Å². The molecule has 0 unspecified atom stereocenters. The van der Waals surface area contributed by atoms with Crippen molar-refractivity contribution in [2.24, 2.45) is 0 Å². The van der Waals surface area contributed by atoms with E-state index < -0.39 is 11.9 Å². The zero-order valence-electron chi connectivity index (χ0n) is 18.2. The zero-order valence-corrected chi connectivity index (χ0v) is 18.2. The van der Waals surface area contributed by atoms with Gasteiger partial charge in [-0.15, -0.1) is 0 Å². The summed E-state index contributed by atoms with van der Waals surface area (Å²) in [6.07, 6.45) is 1.81. The molecule has 0 aliphatic rings. The highest BCUT2D eigenvalue weighted by Crippen LogP contribution is 2.17. The van der Waals surface area contributed by atoms with Crippen LogP contribution in [0.4, 0.5) is 4.39 Å². The van der Waals surface area contributed by atoms with Gasteiger partial charge < -0.3 is 15.0 Å². The number of halogens is 1. The highest BCUT2D eigenvalue weighted by Gasteiger charge is 2.27. The Hall–Kier alpha value is -2.89. The number of nitrogens with zero attached hydrogens (tertiary/aromatic N) is 1. The molecule has 0 aromatic heterocycles. The second-order valence-electron chi connectivity index (χ2n) is 7.55. The lowest BCUT2D eigenvalue weighted by atomic mass is 10.1. The summed E-state index contributed by atoms with van der Waals surface area (Å²) < 4.78 is 19.9. The van der Waals surface area contributed by atoms with Crippen LogP contribution in [-0.2, 0) is 16.1 Å². The summed E-state index contributed by atoms with van der Waals surface area (Å²) in [5.74, 6) is -0.467. The van der Waals surface area contributed by atoms with E-state index in [2.05, 4.69) is 5.32 Å². The van der Waals surface area contributed by atoms with Gasteiger partial charge in [0.1, 0.15) is 17.6 Å². The molecule has 2 amide bonds. The quantitative estimate of drug-likeness (QED) is 0.594. The zero-order chi connectivity index (χ0) is 22.1. The summed E-state index contributed by atoms with van der Waals surface area (Å²) in [7, 11) is 0. The number of nitrogens with one attached hydrogen (secondary N) is 1. The fourth-order valence-corrected chi connectivity index (χ4v) is 3.17. The molecule has 0 heterocycles. The molecule has 5 nitrogen and oxygen atoms in total. The molecule has 2 rings (SSSR count). The van der Waals surface area contributed by atoms with Gasteiger partial charge in [0.2, 0.25) is 5.91 Å². The first-order valence-corrected chi connectivity index (χ1v) is 10.3. The van der Waals surface area contributed by atoms with Crippen molar-refractivity contribution in [2.45, 2.75) is 53.1 Å². The Labute approximate surface area is 178 Å². The van der Waals surface area contributed by atoms with Gasteiger partial charge in [0.25, 0.3) is 5.91 Å². The molecule has 2 aromatic carbocycles. The van der Waals surface area contributed by atoms with Crippen molar-refractivity contribution in [3.05, 3.63) is 65.0 Å². The third-order valence-corrected chi connectivity index (χ3v) is 4.85. The highest BCUT2D eigenvalue weighted by atomic mass is 19.1. The summed E-state index contributed by atoms with van der Waals surface area (Å²) >= 11 is 0. The van der Waals surface area contributed by atoms with Gasteiger partial charge in [-0.25, -0.2) is 4.39 Å². The molecule has 0 aliphatic heterocycles. The van der Waals surface area contributed by atoms with Gasteiger partial charge in [-0.05, 0) is 56.5 Å². The standard InChI is InChI=1S/C24H31FN2O3/c1-5-6-11-26-24(29)19(4)27(15-20-9-7-8-10-22(20)25)23(28)16-30-21-13-17(2)12-18(3)14-21/h7-10,12-14,19H,5-6,11,15-16H2,1-4H3,(H,26,29)/t19-/m1/s1. The summed E-state index contributed by atoms with van der Waals surface area (Å²) in [5, 5.41) is 2.84. The predicted octanol–water partition coefficient (Wildman–Crippen LogP) is 4.15. The fourth-order valence-electron chi connectivity index (χ4n) is 3.17. The number of rotatable bonds is 10. The van der Waals surface area contributed by atoms with Crippen molar-refractivity contribution in [1.29, 1.82) is 0 Å². The number of hydrogen-bond acceptors (Lipinski definition) is 3. The minimum atomic E-state index is -0.753. The number of amides is 2. The van der Waals surface area contributed by atoms with E-state index in [0.717, 1.165) is 24.0 Å². The van der Waals surface area contributed by atoms with Crippen molar-refractivity contribution in [1.82, 2.24) is 10.2 Å². The first-order chi connectivity index (χ1) is 14.3. The van der Waals surface area contributed by atoms with Crippen LogP contribution < -0.4 is 10.1 Å². The molecule has 2 aromatic rings. The maximum absolute atomic E-state index is 14.2. The van der Waals surface area contributed by atoms with Crippen LogP contribution in [-0.4, -0.2) is 35.9 Å². The van der Waals surface area contributed by atoms with E-state index in [0.29, 0.717) is 17.9 Å². The number of hydrogen-bond donors (Lipinski definition) is 1. The van der Waals surface area contributed by atoms with E-state index in [1.807, 2.05) is 39.0 Å². The Morgan fingerprint density at radius 1 is 1.13 bits per heavy atom. The lowest BCUT2D eigenvalue weighted by molar-refractivity contribution is -0.142. The fraction of sp³-hybridized carbons (Fsp3) is 0.417. The van der Waals surface area contributed by atoms with Gasteiger partial charge in [0.15, 0.2) is 6.61 Å². The minimum absolute atomic E-state index is 0.00984. The molecule has 30 heavy (non-hydrogen) atoms. The van der Waals surface area contributed by atoms with Gasteiger partial charge in [0, 0.05) is 18.7 Å². The molecule has 1 N–H and O–H groups in total. The van der Waals surface area contributed by atoms with Crippen molar-refractivity contribution >= 4 is 11.8 Å². The van der Waals surface area contributed by atoms with Crippen LogP contribution in [0.3, 0.4) is 0 Å². The van der Waals surface area contributed by atoms with Crippen molar-refractivity contribution in [3.63, 3.8) is 0 Å². The van der Waals surface area contributed by atoms with Gasteiger partial charge in [0.05, 0.1) is 0 Å². The first-order valence-electron chi connectivity index (χ1n) is 10.3. The van der Waals surface area contributed by atoms with Crippen LogP contribution in [0.15, 0.2) is 42.5 Å². The Bertz CT molecular complexity index is 849. The van der Waals surface area contributed by atoms with Gasteiger partial charge in [-0.3, -0.25) is 9.59 Å².